The van der Waals surface area contributed by atoms with Crippen molar-refractivity contribution in [1.82, 2.24) is 9.97 Å². The number of hydrogen-bond acceptors (Lipinski definition) is 2. The van der Waals surface area contributed by atoms with Crippen molar-refractivity contribution in [3.8, 4) is 44.5 Å². The van der Waals surface area contributed by atoms with E-state index in [2.05, 4.69) is 53.5 Å². The largest absolute Gasteiger partial charge is 0.416 e. The Bertz CT molecular complexity index is 1710. The molecule has 0 bridgehead atoms. The van der Waals surface area contributed by atoms with Gasteiger partial charge in [-0.1, -0.05) is 78.9 Å². The average molecular weight is 503 g/mol. The molecule has 0 spiro atoms. The molecular formula is C33H21F3N2. The van der Waals surface area contributed by atoms with E-state index in [-0.39, 0.29) is 0 Å². The molecule has 0 radical (unpaired) electrons. The third-order valence-corrected chi connectivity index (χ3v) is 6.66. The smallest absolute Gasteiger partial charge is 0.264 e. The fourth-order valence-electron chi connectivity index (χ4n) is 4.55. The molecule has 0 amide bonds. The Kier molecular flexibility index (Phi) is 5.97. The van der Waals surface area contributed by atoms with Gasteiger partial charge in [0.05, 0.1) is 11.1 Å². The number of halogens is 3. The molecule has 2 aromatic heterocycles. The van der Waals surface area contributed by atoms with Gasteiger partial charge in [0.15, 0.2) is 0 Å². The minimum Gasteiger partial charge on any atom is -0.264 e. The van der Waals surface area contributed by atoms with Crippen LogP contribution in [-0.4, -0.2) is 9.97 Å². The highest BCUT2D eigenvalue weighted by atomic mass is 19.4. The van der Waals surface area contributed by atoms with Crippen LogP contribution < -0.4 is 0 Å². The van der Waals surface area contributed by atoms with Crippen LogP contribution in [-0.2, 0) is 6.18 Å². The summed E-state index contributed by atoms with van der Waals surface area (Å²) in [6.07, 6.45) is 1.17. The molecule has 0 saturated heterocycles. The predicted molar refractivity (Wildman–Crippen MR) is 146 cm³/mol. The normalized spacial score (nSPS) is 11.6. The van der Waals surface area contributed by atoms with Crippen molar-refractivity contribution < 1.29 is 13.2 Å². The van der Waals surface area contributed by atoms with Gasteiger partial charge in [-0.3, -0.25) is 9.97 Å². The summed E-state index contributed by atoms with van der Waals surface area (Å²) in [5.74, 6) is 0. The molecule has 0 aliphatic rings. The summed E-state index contributed by atoms with van der Waals surface area (Å²) in [6.45, 7) is 0. The zero-order valence-corrected chi connectivity index (χ0v) is 20.2. The Morgan fingerprint density at radius 1 is 0.474 bits per heavy atom. The number of aromatic nitrogens is 2. The van der Waals surface area contributed by atoms with Gasteiger partial charge in [-0.05, 0) is 69.3 Å². The van der Waals surface area contributed by atoms with Crippen LogP contribution in [0.3, 0.4) is 0 Å². The van der Waals surface area contributed by atoms with E-state index in [0.29, 0.717) is 0 Å². The van der Waals surface area contributed by atoms with Crippen molar-refractivity contribution in [3.05, 3.63) is 133 Å². The topological polar surface area (TPSA) is 25.8 Å². The maximum atomic E-state index is 12.8. The second kappa shape index (κ2) is 9.60. The van der Waals surface area contributed by atoms with Gasteiger partial charge < -0.3 is 0 Å². The molecular weight excluding hydrogens is 481 g/mol. The number of rotatable bonds is 4. The molecule has 38 heavy (non-hydrogen) atoms. The highest BCUT2D eigenvalue weighted by Crippen LogP contribution is 2.32. The fourth-order valence-corrected chi connectivity index (χ4v) is 4.55. The molecule has 0 fully saturated rings. The van der Waals surface area contributed by atoms with Crippen LogP contribution >= 0.6 is 0 Å². The highest BCUT2D eigenvalue weighted by molar-refractivity contribution is 5.88. The Balaban J connectivity index is 1.23. The fraction of sp³-hybridized carbons (Fsp3) is 0.0303. The molecule has 4 aromatic carbocycles. The second-order valence-corrected chi connectivity index (χ2v) is 9.10. The van der Waals surface area contributed by atoms with E-state index in [1.54, 1.807) is 6.20 Å². The van der Waals surface area contributed by atoms with Crippen molar-refractivity contribution in [2.24, 2.45) is 0 Å². The number of alkyl halides is 3. The first-order chi connectivity index (χ1) is 18.4. The molecule has 6 aromatic rings. The Morgan fingerprint density at radius 3 is 1.58 bits per heavy atom. The molecule has 0 aliphatic heterocycles. The lowest BCUT2D eigenvalue weighted by Gasteiger charge is -2.09. The number of nitrogens with zero attached hydrogens (tertiary/aromatic N) is 2. The molecule has 0 atom stereocenters. The lowest BCUT2D eigenvalue weighted by atomic mass is 9.98. The van der Waals surface area contributed by atoms with Crippen molar-refractivity contribution in [1.29, 1.82) is 0 Å². The standard InChI is InChI=1S/C33H21F3N2/c34-33(35,36)31-15-13-23(14-16-31)22-3-5-24(6-4-22)27-11-12-28-18-30(21-38-32(28)19-27)26-9-7-25(8-10-26)29-2-1-17-37-20-29/h1-21H. The summed E-state index contributed by atoms with van der Waals surface area (Å²) in [5, 5.41) is 1.05. The summed E-state index contributed by atoms with van der Waals surface area (Å²) in [4.78, 5) is 8.90. The van der Waals surface area contributed by atoms with Gasteiger partial charge in [-0.25, -0.2) is 0 Å². The minimum absolute atomic E-state index is 0.647. The van der Waals surface area contributed by atoms with Crippen LogP contribution in [0.15, 0.2) is 128 Å². The molecule has 0 unspecified atom stereocenters. The molecule has 0 saturated carbocycles. The quantitative estimate of drug-likeness (QED) is 0.240. The zero-order chi connectivity index (χ0) is 26.1. The SMILES string of the molecule is FC(F)(F)c1ccc(-c2ccc(-c3ccc4cc(-c5ccc(-c6cccnc6)cc5)cnc4c3)cc2)cc1. The maximum absolute atomic E-state index is 12.8. The molecule has 184 valence electrons. The van der Waals surface area contributed by atoms with E-state index in [1.807, 2.05) is 48.8 Å². The minimum atomic E-state index is -4.34. The summed E-state index contributed by atoms with van der Waals surface area (Å²) in [6, 6.07) is 33.7. The van der Waals surface area contributed by atoms with E-state index >= 15 is 0 Å². The van der Waals surface area contributed by atoms with Crippen molar-refractivity contribution in [3.63, 3.8) is 0 Å². The lowest BCUT2D eigenvalue weighted by Crippen LogP contribution is -2.03. The second-order valence-electron chi connectivity index (χ2n) is 9.10. The number of pyridine rings is 2. The molecule has 2 nitrogen and oxygen atoms in total. The first kappa shape index (κ1) is 23.6. The molecule has 0 N–H and O–H groups in total. The molecule has 2 heterocycles. The Labute approximate surface area is 218 Å². The summed E-state index contributed by atoms with van der Waals surface area (Å²) in [7, 11) is 0. The van der Waals surface area contributed by atoms with Gasteiger partial charge in [-0.15, -0.1) is 0 Å². The van der Waals surface area contributed by atoms with Gasteiger partial charge in [0, 0.05) is 29.5 Å². The number of benzene rings is 4. The van der Waals surface area contributed by atoms with Crippen molar-refractivity contribution in [2.45, 2.75) is 6.18 Å². The summed E-state index contributed by atoms with van der Waals surface area (Å²) < 4.78 is 38.5. The van der Waals surface area contributed by atoms with Crippen LogP contribution in [0.25, 0.3) is 55.4 Å². The third-order valence-electron chi connectivity index (χ3n) is 6.66. The van der Waals surface area contributed by atoms with E-state index in [4.69, 9.17) is 4.98 Å². The van der Waals surface area contributed by atoms with Crippen LogP contribution in [0.2, 0.25) is 0 Å². The van der Waals surface area contributed by atoms with Gasteiger partial charge in [-0.2, -0.15) is 13.2 Å². The van der Waals surface area contributed by atoms with Crippen LogP contribution in [0, 0.1) is 0 Å². The first-order valence-corrected chi connectivity index (χ1v) is 12.1. The average Bonchev–Trinajstić information content (AvgIpc) is 2.97. The molecule has 6 rings (SSSR count). The lowest BCUT2D eigenvalue weighted by molar-refractivity contribution is -0.137. The van der Waals surface area contributed by atoms with Crippen LogP contribution in [0.5, 0.6) is 0 Å². The third kappa shape index (κ3) is 4.78. The zero-order valence-electron chi connectivity index (χ0n) is 20.2. The number of hydrogen-bond donors (Lipinski definition) is 0. The van der Waals surface area contributed by atoms with Crippen molar-refractivity contribution >= 4 is 10.9 Å². The van der Waals surface area contributed by atoms with E-state index < -0.39 is 11.7 Å². The maximum Gasteiger partial charge on any atom is 0.416 e. The van der Waals surface area contributed by atoms with Gasteiger partial charge >= 0.3 is 6.18 Å². The highest BCUT2D eigenvalue weighted by Gasteiger charge is 2.29. The van der Waals surface area contributed by atoms with Crippen LogP contribution in [0.4, 0.5) is 13.2 Å². The van der Waals surface area contributed by atoms with E-state index in [1.165, 1.54) is 12.1 Å². The Morgan fingerprint density at radius 2 is 1.00 bits per heavy atom. The molecule has 0 aliphatic carbocycles. The van der Waals surface area contributed by atoms with E-state index in [0.717, 1.165) is 67.5 Å². The van der Waals surface area contributed by atoms with Gasteiger partial charge in [0.25, 0.3) is 0 Å². The van der Waals surface area contributed by atoms with Gasteiger partial charge in [0.2, 0.25) is 0 Å². The van der Waals surface area contributed by atoms with Gasteiger partial charge in [0.1, 0.15) is 0 Å². The number of fused-ring (bicyclic) bond motifs is 1. The molecule has 5 heteroatoms. The summed E-state index contributed by atoms with van der Waals surface area (Å²) >= 11 is 0. The van der Waals surface area contributed by atoms with E-state index in [9.17, 15) is 13.2 Å². The monoisotopic (exact) mass is 502 g/mol. The predicted octanol–water partition coefficient (Wildman–Crippen LogP) is 9.32. The Hall–Kier alpha value is -4.77. The first-order valence-electron chi connectivity index (χ1n) is 12.1. The van der Waals surface area contributed by atoms with Crippen molar-refractivity contribution in [2.75, 3.05) is 0 Å². The summed E-state index contributed by atoms with van der Waals surface area (Å²) in [5.41, 5.74) is 8.22. The van der Waals surface area contributed by atoms with Crippen LogP contribution in [0.1, 0.15) is 5.56 Å².